The van der Waals surface area contributed by atoms with E-state index in [9.17, 15) is 9.59 Å². The van der Waals surface area contributed by atoms with Crippen LogP contribution in [0.15, 0.2) is 23.8 Å². The van der Waals surface area contributed by atoms with Crippen molar-refractivity contribution < 1.29 is 14.7 Å². The normalized spacial score (nSPS) is 10.8. The zero-order valence-corrected chi connectivity index (χ0v) is 11.4. The Labute approximate surface area is 118 Å². The fraction of sp³-hybridized carbons (Fsp3) is 0.167. The Kier molecular flexibility index (Phi) is 4.26. The lowest BCUT2D eigenvalue weighted by Gasteiger charge is -1.99. The highest BCUT2D eigenvalue weighted by atomic mass is 32.1. The molecule has 0 unspecified atom stereocenters. The van der Waals surface area contributed by atoms with Gasteiger partial charge in [-0.3, -0.25) is 9.48 Å². The van der Waals surface area contributed by atoms with E-state index in [1.54, 1.807) is 29.5 Å². The van der Waals surface area contributed by atoms with Crippen molar-refractivity contribution in [3.8, 4) is 0 Å². The van der Waals surface area contributed by atoms with Gasteiger partial charge >= 0.3 is 5.97 Å². The highest BCUT2D eigenvalue weighted by molar-refractivity contribution is 7.11. The molecule has 0 aliphatic carbocycles. The molecule has 104 valence electrons. The molecule has 2 N–H and O–H groups in total. The third kappa shape index (κ3) is 3.75. The Morgan fingerprint density at radius 1 is 1.55 bits per heavy atom. The topological polar surface area (TPSA) is 97.1 Å². The van der Waals surface area contributed by atoms with Gasteiger partial charge in [-0.2, -0.15) is 5.10 Å². The molecule has 2 aromatic heterocycles. The Morgan fingerprint density at radius 3 is 3.00 bits per heavy atom. The van der Waals surface area contributed by atoms with E-state index in [0.29, 0.717) is 16.3 Å². The lowest BCUT2D eigenvalue weighted by atomic mass is 10.3. The van der Waals surface area contributed by atoms with Gasteiger partial charge in [0.25, 0.3) is 5.91 Å². The number of carbonyl (C=O) groups is 2. The highest BCUT2D eigenvalue weighted by Crippen LogP contribution is 2.16. The molecule has 2 heterocycles. The van der Waals surface area contributed by atoms with Gasteiger partial charge in [-0.25, -0.2) is 9.78 Å². The lowest BCUT2D eigenvalue weighted by molar-refractivity contribution is -0.131. The van der Waals surface area contributed by atoms with Crippen LogP contribution >= 0.6 is 11.3 Å². The van der Waals surface area contributed by atoms with Gasteiger partial charge in [0.15, 0.2) is 5.82 Å². The monoisotopic (exact) mass is 292 g/mol. The Morgan fingerprint density at radius 2 is 2.35 bits per heavy atom. The van der Waals surface area contributed by atoms with E-state index in [-0.39, 0.29) is 12.5 Å². The number of carboxylic acid groups (broad SMARTS) is 1. The summed E-state index contributed by atoms with van der Waals surface area (Å²) in [5, 5.41) is 16.9. The first kappa shape index (κ1) is 13.9. The number of aryl methyl sites for hydroxylation is 1. The number of carboxylic acids is 1. The number of aromatic nitrogens is 3. The number of hydrogen-bond donors (Lipinski definition) is 2. The van der Waals surface area contributed by atoms with E-state index < -0.39 is 5.97 Å². The molecule has 0 aromatic carbocycles. The Bertz CT molecular complexity index is 659. The van der Waals surface area contributed by atoms with Crippen molar-refractivity contribution in [3.63, 3.8) is 0 Å². The van der Waals surface area contributed by atoms with E-state index in [0.717, 1.165) is 6.08 Å². The minimum absolute atomic E-state index is 0.246. The van der Waals surface area contributed by atoms with Gasteiger partial charge in [-0.1, -0.05) is 0 Å². The SMILES string of the molecule is Cn1cnc(CNC(=O)c2csc(/C=C/C(=O)O)c2)n1. The molecule has 2 rings (SSSR count). The molecule has 20 heavy (non-hydrogen) atoms. The van der Waals surface area contributed by atoms with Crippen LogP contribution in [0.1, 0.15) is 21.1 Å². The Hall–Kier alpha value is -2.48. The minimum atomic E-state index is -1.02. The molecule has 0 bridgehead atoms. The van der Waals surface area contributed by atoms with Gasteiger partial charge in [-0.05, 0) is 12.1 Å². The van der Waals surface area contributed by atoms with Gasteiger partial charge in [0.2, 0.25) is 0 Å². The van der Waals surface area contributed by atoms with Crippen molar-refractivity contribution in [1.82, 2.24) is 20.1 Å². The van der Waals surface area contributed by atoms with Crippen LogP contribution < -0.4 is 5.32 Å². The molecular formula is C12H12N4O3S. The number of thiophene rings is 1. The second-order valence-electron chi connectivity index (χ2n) is 3.93. The second kappa shape index (κ2) is 6.11. The molecule has 0 atom stereocenters. The van der Waals surface area contributed by atoms with Crippen molar-refractivity contribution in [1.29, 1.82) is 0 Å². The van der Waals surface area contributed by atoms with E-state index in [1.807, 2.05) is 0 Å². The first-order chi connectivity index (χ1) is 9.54. The number of hydrogen-bond acceptors (Lipinski definition) is 5. The number of nitrogens with one attached hydrogen (secondary N) is 1. The molecule has 2 aromatic rings. The summed E-state index contributed by atoms with van der Waals surface area (Å²) < 4.78 is 1.56. The van der Waals surface area contributed by atoms with Gasteiger partial charge < -0.3 is 10.4 Å². The summed E-state index contributed by atoms with van der Waals surface area (Å²) in [6, 6.07) is 1.63. The quantitative estimate of drug-likeness (QED) is 0.798. The van der Waals surface area contributed by atoms with Crippen LogP contribution in [-0.2, 0) is 18.4 Å². The molecule has 0 aliphatic rings. The lowest BCUT2D eigenvalue weighted by Crippen LogP contribution is -2.23. The van der Waals surface area contributed by atoms with Crippen LogP contribution in [0.25, 0.3) is 6.08 Å². The largest absolute Gasteiger partial charge is 0.478 e. The van der Waals surface area contributed by atoms with Gasteiger partial charge in [0.05, 0.1) is 12.1 Å². The summed E-state index contributed by atoms with van der Waals surface area (Å²) in [4.78, 5) is 27.0. The summed E-state index contributed by atoms with van der Waals surface area (Å²) in [6.07, 6.45) is 4.04. The van der Waals surface area contributed by atoms with Crippen molar-refractivity contribution >= 4 is 29.3 Å². The molecular weight excluding hydrogens is 280 g/mol. The predicted molar refractivity (Wildman–Crippen MR) is 73.2 cm³/mol. The van der Waals surface area contributed by atoms with Gasteiger partial charge in [0.1, 0.15) is 6.33 Å². The van der Waals surface area contributed by atoms with Gasteiger partial charge in [-0.15, -0.1) is 11.3 Å². The molecule has 0 fully saturated rings. The number of carbonyl (C=O) groups excluding carboxylic acids is 1. The maximum absolute atomic E-state index is 11.9. The summed E-state index contributed by atoms with van der Waals surface area (Å²) in [6.45, 7) is 0.246. The number of nitrogens with zero attached hydrogens (tertiary/aromatic N) is 3. The minimum Gasteiger partial charge on any atom is -0.478 e. The third-order valence-electron chi connectivity index (χ3n) is 2.33. The third-order valence-corrected chi connectivity index (χ3v) is 3.22. The second-order valence-corrected chi connectivity index (χ2v) is 4.87. The average Bonchev–Trinajstić information content (AvgIpc) is 3.02. The van der Waals surface area contributed by atoms with E-state index in [4.69, 9.17) is 5.11 Å². The first-order valence-electron chi connectivity index (χ1n) is 5.67. The van der Waals surface area contributed by atoms with E-state index in [1.165, 1.54) is 17.4 Å². The maximum atomic E-state index is 11.9. The molecule has 0 saturated heterocycles. The molecule has 0 aliphatic heterocycles. The van der Waals surface area contributed by atoms with Crippen molar-refractivity contribution in [3.05, 3.63) is 40.1 Å². The fourth-order valence-electron chi connectivity index (χ4n) is 1.44. The van der Waals surface area contributed by atoms with Gasteiger partial charge in [0, 0.05) is 23.4 Å². The van der Waals surface area contributed by atoms with Crippen molar-refractivity contribution in [2.24, 2.45) is 7.05 Å². The number of rotatable bonds is 5. The summed E-state index contributed by atoms with van der Waals surface area (Å²) >= 11 is 1.30. The summed E-state index contributed by atoms with van der Waals surface area (Å²) in [5.74, 6) is -0.739. The zero-order chi connectivity index (χ0) is 14.5. The molecule has 8 heteroatoms. The van der Waals surface area contributed by atoms with Crippen molar-refractivity contribution in [2.75, 3.05) is 0 Å². The van der Waals surface area contributed by atoms with Crippen LogP contribution in [0.3, 0.4) is 0 Å². The van der Waals surface area contributed by atoms with Crippen LogP contribution in [0.4, 0.5) is 0 Å². The molecule has 0 saturated carbocycles. The maximum Gasteiger partial charge on any atom is 0.328 e. The van der Waals surface area contributed by atoms with Crippen molar-refractivity contribution in [2.45, 2.75) is 6.54 Å². The van der Waals surface area contributed by atoms with E-state index in [2.05, 4.69) is 15.4 Å². The first-order valence-corrected chi connectivity index (χ1v) is 6.55. The molecule has 1 amide bonds. The van der Waals surface area contributed by atoms with Crippen LogP contribution in [0, 0.1) is 0 Å². The summed E-state index contributed by atoms with van der Waals surface area (Å²) in [5.41, 5.74) is 0.482. The average molecular weight is 292 g/mol. The molecule has 7 nitrogen and oxygen atoms in total. The Balaban J connectivity index is 1.94. The van der Waals surface area contributed by atoms with Crippen LogP contribution in [-0.4, -0.2) is 31.7 Å². The van der Waals surface area contributed by atoms with Crippen LogP contribution in [0.5, 0.6) is 0 Å². The summed E-state index contributed by atoms with van der Waals surface area (Å²) in [7, 11) is 1.75. The molecule has 0 spiro atoms. The number of aliphatic carboxylic acids is 1. The smallest absolute Gasteiger partial charge is 0.328 e. The fourth-order valence-corrected chi connectivity index (χ4v) is 2.22. The zero-order valence-electron chi connectivity index (χ0n) is 10.6. The van der Waals surface area contributed by atoms with E-state index >= 15 is 0 Å². The standard InChI is InChI=1S/C12H12N4O3S/c1-16-7-14-10(15-16)5-13-12(19)8-4-9(20-6-8)2-3-11(17)18/h2-4,6-7H,5H2,1H3,(H,13,19)(H,17,18)/b3-2+. The number of amides is 1. The highest BCUT2D eigenvalue weighted by Gasteiger charge is 2.08. The van der Waals surface area contributed by atoms with Crippen LogP contribution in [0.2, 0.25) is 0 Å². The predicted octanol–water partition coefficient (Wildman–Crippen LogP) is 0.904. The molecule has 0 radical (unpaired) electrons.